The SMILES string of the molecule is COc1cc(N[C@H](C)c2ccc(-n3cncn3)cc2)ncn1. The van der Waals surface area contributed by atoms with Crippen molar-refractivity contribution in [3.63, 3.8) is 0 Å². The Morgan fingerprint density at radius 3 is 2.64 bits per heavy atom. The maximum Gasteiger partial charge on any atom is 0.218 e. The Hall–Kier alpha value is -2.96. The Bertz CT molecular complexity index is 726. The molecule has 3 aromatic rings. The smallest absolute Gasteiger partial charge is 0.218 e. The van der Waals surface area contributed by atoms with Crippen LogP contribution < -0.4 is 10.1 Å². The predicted octanol–water partition coefficient (Wildman–Crippen LogP) is 2.24. The fraction of sp³-hybridized carbons (Fsp3) is 0.200. The van der Waals surface area contributed by atoms with Crippen LogP contribution in [0.4, 0.5) is 5.82 Å². The highest BCUT2D eigenvalue weighted by Gasteiger charge is 2.07. The third-order valence-electron chi connectivity index (χ3n) is 3.29. The number of ether oxygens (including phenoxy) is 1. The summed E-state index contributed by atoms with van der Waals surface area (Å²) in [5.41, 5.74) is 2.11. The van der Waals surface area contributed by atoms with Crippen LogP contribution in [-0.2, 0) is 0 Å². The molecule has 3 rings (SSSR count). The summed E-state index contributed by atoms with van der Waals surface area (Å²) in [6, 6.07) is 9.97. The van der Waals surface area contributed by atoms with Crippen LogP contribution in [0.2, 0.25) is 0 Å². The van der Waals surface area contributed by atoms with Crippen LogP contribution >= 0.6 is 0 Å². The number of methoxy groups -OCH3 is 1. The topological polar surface area (TPSA) is 77.8 Å². The fourth-order valence-corrected chi connectivity index (χ4v) is 2.09. The maximum atomic E-state index is 5.09. The molecule has 0 saturated carbocycles. The average molecular weight is 296 g/mol. The summed E-state index contributed by atoms with van der Waals surface area (Å²) in [6.45, 7) is 2.07. The van der Waals surface area contributed by atoms with Crippen molar-refractivity contribution in [1.82, 2.24) is 24.7 Å². The summed E-state index contributed by atoms with van der Waals surface area (Å²) in [5.74, 6) is 1.26. The Morgan fingerprint density at radius 2 is 1.95 bits per heavy atom. The van der Waals surface area contributed by atoms with E-state index in [9.17, 15) is 0 Å². The molecule has 0 unspecified atom stereocenters. The highest BCUT2D eigenvalue weighted by molar-refractivity contribution is 5.42. The van der Waals surface area contributed by atoms with Gasteiger partial charge in [-0.3, -0.25) is 0 Å². The number of benzene rings is 1. The molecule has 7 nitrogen and oxygen atoms in total. The van der Waals surface area contributed by atoms with Crippen molar-refractivity contribution in [2.24, 2.45) is 0 Å². The summed E-state index contributed by atoms with van der Waals surface area (Å²) in [5, 5.41) is 7.43. The Balaban J connectivity index is 1.73. The van der Waals surface area contributed by atoms with E-state index in [1.165, 1.54) is 12.7 Å². The van der Waals surface area contributed by atoms with E-state index in [4.69, 9.17) is 4.74 Å². The predicted molar refractivity (Wildman–Crippen MR) is 82.0 cm³/mol. The molecule has 1 N–H and O–H groups in total. The van der Waals surface area contributed by atoms with Crippen LogP contribution in [0.15, 0.2) is 49.3 Å². The zero-order chi connectivity index (χ0) is 15.4. The van der Waals surface area contributed by atoms with Crippen LogP contribution in [0.25, 0.3) is 5.69 Å². The number of nitrogens with one attached hydrogen (secondary N) is 1. The Morgan fingerprint density at radius 1 is 1.14 bits per heavy atom. The van der Waals surface area contributed by atoms with Crippen molar-refractivity contribution in [1.29, 1.82) is 0 Å². The lowest BCUT2D eigenvalue weighted by molar-refractivity contribution is 0.397. The summed E-state index contributed by atoms with van der Waals surface area (Å²) in [7, 11) is 1.58. The normalized spacial score (nSPS) is 11.9. The lowest BCUT2D eigenvalue weighted by atomic mass is 10.1. The van der Waals surface area contributed by atoms with Gasteiger partial charge in [-0.05, 0) is 24.6 Å². The summed E-state index contributed by atoms with van der Waals surface area (Å²) >= 11 is 0. The molecule has 0 amide bonds. The van der Waals surface area contributed by atoms with Gasteiger partial charge in [0, 0.05) is 12.1 Å². The molecule has 0 aliphatic carbocycles. The molecular formula is C15H16N6O. The minimum atomic E-state index is 0.101. The van der Waals surface area contributed by atoms with E-state index < -0.39 is 0 Å². The van der Waals surface area contributed by atoms with Gasteiger partial charge in [0.15, 0.2) is 0 Å². The number of rotatable bonds is 5. The lowest BCUT2D eigenvalue weighted by Gasteiger charge is -2.15. The van der Waals surface area contributed by atoms with Crippen molar-refractivity contribution in [3.05, 3.63) is 54.9 Å². The summed E-state index contributed by atoms with van der Waals surface area (Å²) in [6.07, 6.45) is 4.66. The van der Waals surface area contributed by atoms with Crippen LogP contribution in [-0.4, -0.2) is 31.8 Å². The van der Waals surface area contributed by atoms with Gasteiger partial charge in [-0.15, -0.1) is 0 Å². The maximum absolute atomic E-state index is 5.09. The zero-order valence-corrected chi connectivity index (χ0v) is 12.3. The molecular weight excluding hydrogens is 280 g/mol. The molecule has 2 aromatic heterocycles. The molecule has 0 aliphatic heterocycles. The van der Waals surface area contributed by atoms with Gasteiger partial charge in [0.2, 0.25) is 5.88 Å². The number of hydrogen-bond donors (Lipinski definition) is 1. The van der Waals surface area contributed by atoms with E-state index in [0.717, 1.165) is 17.1 Å². The van der Waals surface area contributed by atoms with Crippen LogP contribution in [0, 0.1) is 0 Å². The van der Waals surface area contributed by atoms with Gasteiger partial charge >= 0.3 is 0 Å². The van der Waals surface area contributed by atoms with Gasteiger partial charge in [0.25, 0.3) is 0 Å². The highest BCUT2D eigenvalue weighted by Crippen LogP contribution is 2.20. The van der Waals surface area contributed by atoms with E-state index in [0.29, 0.717) is 5.88 Å². The van der Waals surface area contributed by atoms with E-state index in [-0.39, 0.29) is 6.04 Å². The first-order valence-corrected chi connectivity index (χ1v) is 6.84. The highest BCUT2D eigenvalue weighted by atomic mass is 16.5. The van der Waals surface area contributed by atoms with Crippen LogP contribution in [0.3, 0.4) is 0 Å². The Kier molecular flexibility index (Phi) is 3.95. The van der Waals surface area contributed by atoms with E-state index in [1.807, 2.05) is 24.3 Å². The van der Waals surface area contributed by atoms with E-state index in [1.54, 1.807) is 24.2 Å². The number of anilines is 1. The average Bonchev–Trinajstić information content (AvgIpc) is 3.09. The standard InChI is InChI=1S/C15H16N6O/c1-11(20-14-7-15(22-2)18-9-17-14)12-3-5-13(6-4-12)21-10-16-8-19-21/h3-11H,1-2H3,(H,17,18,20)/t11-/m1/s1. The largest absolute Gasteiger partial charge is 0.481 e. The molecule has 0 spiro atoms. The van der Waals surface area contributed by atoms with Gasteiger partial charge in [-0.25, -0.2) is 19.6 Å². The molecule has 0 radical (unpaired) electrons. The number of hydrogen-bond acceptors (Lipinski definition) is 6. The molecule has 1 aromatic carbocycles. The first-order valence-electron chi connectivity index (χ1n) is 6.84. The van der Waals surface area contributed by atoms with Crippen LogP contribution in [0.5, 0.6) is 5.88 Å². The number of aromatic nitrogens is 5. The first-order chi connectivity index (χ1) is 10.8. The van der Waals surface area contributed by atoms with Crippen molar-refractivity contribution >= 4 is 5.82 Å². The zero-order valence-electron chi connectivity index (χ0n) is 12.3. The van der Waals surface area contributed by atoms with Crippen molar-refractivity contribution < 1.29 is 4.74 Å². The number of nitrogens with zero attached hydrogens (tertiary/aromatic N) is 5. The monoisotopic (exact) mass is 296 g/mol. The van der Waals surface area contributed by atoms with Gasteiger partial charge in [-0.1, -0.05) is 12.1 Å². The van der Waals surface area contributed by atoms with Gasteiger partial charge in [0.05, 0.1) is 12.8 Å². The van der Waals surface area contributed by atoms with Crippen molar-refractivity contribution in [2.75, 3.05) is 12.4 Å². The van der Waals surface area contributed by atoms with Crippen molar-refractivity contribution in [3.8, 4) is 11.6 Å². The van der Waals surface area contributed by atoms with Gasteiger partial charge < -0.3 is 10.1 Å². The first kappa shape index (κ1) is 14.0. The molecule has 112 valence electrons. The van der Waals surface area contributed by atoms with Gasteiger partial charge in [-0.2, -0.15) is 5.10 Å². The third-order valence-corrected chi connectivity index (χ3v) is 3.29. The summed E-state index contributed by atoms with van der Waals surface area (Å²) in [4.78, 5) is 12.1. The second kappa shape index (κ2) is 6.21. The van der Waals surface area contributed by atoms with Gasteiger partial charge in [0.1, 0.15) is 24.8 Å². The molecule has 7 heteroatoms. The molecule has 0 aliphatic rings. The molecule has 2 heterocycles. The second-order valence-electron chi connectivity index (χ2n) is 4.74. The minimum Gasteiger partial charge on any atom is -0.481 e. The molecule has 22 heavy (non-hydrogen) atoms. The lowest BCUT2D eigenvalue weighted by Crippen LogP contribution is -2.08. The third kappa shape index (κ3) is 3.03. The second-order valence-corrected chi connectivity index (χ2v) is 4.74. The quantitative estimate of drug-likeness (QED) is 0.778. The summed E-state index contributed by atoms with van der Waals surface area (Å²) < 4.78 is 6.81. The molecule has 1 atom stereocenters. The Labute approximate surface area is 128 Å². The molecule has 0 bridgehead atoms. The minimum absolute atomic E-state index is 0.101. The van der Waals surface area contributed by atoms with E-state index >= 15 is 0 Å². The van der Waals surface area contributed by atoms with Crippen LogP contribution in [0.1, 0.15) is 18.5 Å². The van der Waals surface area contributed by atoms with Crippen molar-refractivity contribution in [2.45, 2.75) is 13.0 Å². The fourth-order valence-electron chi connectivity index (χ4n) is 2.09. The van der Waals surface area contributed by atoms with E-state index in [2.05, 4.69) is 32.3 Å². The molecule has 0 fully saturated rings. The molecule has 0 saturated heterocycles.